The SMILES string of the molecule is CCOc1ccc(NC(=O)c2cc(F)ccc2Br)cc1OCC. The molecule has 0 aliphatic carbocycles. The van der Waals surface area contributed by atoms with Crippen molar-refractivity contribution < 1.29 is 18.7 Å². The monoisotopic (exact) mass is 381 g/mol. The van der Waals surface area contributed by atoms with Crippen molar-refractivity contribution in [3.63, 3.8) is 0 Å². The van der Waals surface area contributed by atoms with Crippen LogP contribution < -0.4 is 14.8 Å². The molecule has 0 unspecified atom stereocenters. The summed E-state index contributed by atoms with van der Waals surface area (Å²) in [7, 11) is 0. The molecule has 0 saturated heterocycles. The second-order valence-corrected chi connectivity index (χ2v) is 5.46. The minimum absolute atomic E-state index is 0.219. The molecule has 0 aromatic heterocycles. The van der Waals surface area contributed by atoms with Gasteiger partial charge in [-0.1, -0.05) is 0 Å². The molecule has 4 nitrogen and oxygen atoms in total. The van der Waals surface area contributed by atoms with E-state index in [0.717, 1.165) is 0 Å². The van der Waals surface area contributed by atoms with E-state index in [-0.39, 0.29) is 5.56 Å². The summed E-state index contributed by atoms with van der Waals surface area (Å²) in [4.78, 5) is 12.3. The zero-order chi connectivity index (χ0) is 16.8. The Labute approximate surface area is 142 Å². The second-order valence-electron chi connectivity index (χ2n) is 4.61. The minimum atomic E-state index is -0.472. The first-order valence-electron chi connectivity index (χ1n) is 7.21. The third-order valence-electron chi connectivity index (χ3n) is 2.97. The first-order chi connectivity index (χ1) is 11.0. The molecule has 0 aliphatic rings. The molecular formula is C17H17BrFNO3. The summed E-state index contributed by atoms with van der Waals surface area (Å²) >= 11 is 3.24. The van der Waals surface area contributed by atoms with Crippen LogP contribution in [-0.2, 0) is 0 Å². The number of hydrogen-bond acceptors (Lipinski definition) is 3. The van der Waals surface area contributed by atoms with E-state index in [1.54, 1.807) is 18.2 Å². The number of amides is 1. The molecule has 23 heavy (non-hydrogen) atoms. The first-order valence-corrected chi connectivity index (χ1v) is 8.00. The van der Waals surface area contributed by atoms with Gasteiger partial charge in [-0.2, -0.15) is 0 Å². The van der Waals surface area contributed by atoms with E-state index in [4.69, 9.17) is 9.47 Å². The van der Waals surface area contributed by atoms with Gasteiger partial charge in [0.05, 0.1) is 18.8 Å². The Hall–Kier alpha value is -2.08. The molecule has 0 bridgehead atoms. The van der Waals surface area contributed by atoms with Crippen molar-refractivity contribution in [2.75, 3.05) is 18.5 Å². The predicted molar refractivity (Wildman–Crippen MR) is 90.8 cm³/mol. The largest absolute Gasteiger partial charge is 0.490 e. The summed E-state index contributed by atoms with van der Waals surface area (Å²) in [5.41, 5.74) is 0.759. The van der Waals surface area contributed by atoms with Crippen molar-refractivity contribution in [3.8, 4) is 11.5 Å². The third-order valence-corrected chi connectivity index (χ3v) is 3.67. The van der Waals surface area contributed by atoms with E-state index in [0.29, 0.717) is 34.9 Å². The van der Waals surface area contributed by atoms with Gasteiger partial charge in [0.15, 0.2) is 11.5 Å². The van der Waals surface area contributed by atoms with Crippen molar-refractivity contribution >= 4 is 27.5 Å². The van der Waals surface area contributed by atoms with Crippen molar-refractivity contribution in [2.24, 2.45) is 0 Å². The average Bonchev–Trinajstić information content (AvgIpc) is 2.52. The van der Waals surface area contributed by atoms with E-state index in [1.807, 2.05) is 13.8 Å². The van der Waals surface area contributed by atoms with E-state index < -0.39 is 11.7 Å². The van der Waals surface area contributed by atoms with Crippen LogP contribution in [0.5, 0.6) is 11.5 Å². The fraction of sp³-hybridized carbons (Fsp3) is 0.235. The Kier molecular flexibility index (Phi) is 5.98. The van der Waals surface area contributed by atoms with Crippen LogP contribution >= 0.6 is 15.9 Å². The summed E-state index contributed by atoms with van der Waals surface area (Å²) in [5.74, 6) is 0.271. The summed E-state index contributed by atoms with van der Waals surface area (Å²) in [6.45, 7) is 4.74. The number of benzene rings is 2. The van der Waals surface area contributed by atoms with Crippen LogP contribution in [0.2, 0.25) is 0 Å². The molecule has 0 fully saturated rings. The van der Waals surface area contributed by atoms with Crippen molar-refractivity contribution in [1.29, 1.82) is 0 Å². The number of rotatable bonds is 6. The molecule has 1 N–H and O–H groups in total. The molecule has 2 aromatic rings. The molecule has 0 radical (unpaired) electrons. The molecule has 0 aliphatic heterocycles. The van der Waals surface area contributed by atoms with Crippen LogP contribution in [-0.4, -0.2) is 19.1 Å². The normalized spacial score (nSPS) is 10.3. The quantitative estimate of drug-likeness (QED) is 0.792. The topological polar surface area (TPSA) is 47.6 Å². The van der Waals surface area contributed by atoms with E-state index in [1.165, 1.54) is 18.2 Å². The summed E-state index contributed by atoms with van der Waals surface area (Å²) < 4.78 is 24.8. The molecule has 6 heteroatoms. The van der Waals surface area contributed by atoms with Gasteiger partial charge in [-0.3, -0.25) is 4.79 Å². The highest BCUT2D eigenvalue weighted by Crippen LogP contribution is 2.31. The Morgan fingerprint density at radius 2 is 1.78 bits per heavy atom. The number of carbonyl (C=O) groups excluding carboxylic acids is 1. The van der Waals surface area contributed by atoms with Gasteiger partial charge < -0.3 is 14.8 Å². The highest BCUT2D eigenvalue weighted by molar-refractivity contribution is 9.10. The Morgan fingerprint density at radius 1 is 1.09 bits per heavy atom. The maximum Gasteiger partial charge on any atom is 0.256 e. The number of ether oxygens (including phenoxy) is 2. The first kappa shape index (κ1) is 17.3. The van der Waals surface area contributed by atoms with Gasteiger partial charge in [-0.25, -0.2) is 4.39 Å². The van der Waals surface area contributed by atoms with Gasteiger partial charge in [0.2, 0.25) is 0 Å². The van der Waals surface area contributed by atoms with Crippen LogP contribution in [0.3, 0.4) is 0 Å². The molecule has 0 spiro atoms. The smallest absolute Gasteiger partial charge is 0.256 e. The lowest BCUT2D eigenvalue weighted by Gasteiger charge is -2.13. The van der Waals surface area contributed by atoms with Crippen LogP contribution in [0.1, 0.15) is 24.2 Å². The number of anilines is 1. The van der Waals surface area contributed by atoms with Gasteiger partial charge in [0.1, 0.15) is 5.82 Å². The van der Waals surface area contributed by atoms with E-state index in [2.05, 4.69) is 21.2 Å². The minimum Gasteiger partial charge on any atom is -0.490 e. The summed E-state index contributed by atoms with van der Waals surface area (Å²) in [6.07, 6.45) is 0. The molecule has 1 amide bonds. The van der Waals surface area contributed by atoms with Crippen LogP contribution in [0.25, 0.3) is 0 Å². The van der Waals surface area contributed by atoms with E-state index in [9.17, 15) is 9.18 Å². The van der Waals surface area contributed by atoms with Crippen LogP contribution in [0.15, 0.2) is 40.9 Å². The fourth-order valence-corrected chi connectivity index (χ4v) is 2.43. The van der Waals surface area contributed by atoms with Crippen molar-refractivity contribution in [2.45, 2.75) is 13.8 Å². The standard InChI is InChI=1S/C17H17BrFNO3/c1-3-22-15-8-6-12(10-16(15)23-4-2)20-17(21)13-9-11(19)5-7-14(13)18/h5-10H,3-4H2,1-2H3,(H,20,21). The Balaban J connectivity index is 2.23. The zero-order valence-corrected chi connectivity index (χ0v) is 14.4. The van der Waals surface area contributed by atoms with Gasteiger partial charge >= 0.3 is 0 Å². The molecule has 2 aromatic carbocycles. The lowest BCUT2D eigenvalue weighted by molar-refractivity contribution is 0.102. The highest BCUT2D eigenvalue weighted by atomic mass is 79.9. The average molecular weight is 382 g/mol. The molecule has 0 saturated carbocycles. The summed E-state index contributed by atoms with van der Waals surface area (Å²) in [6, 6.07) is 9.07. The lowest BCUT2D eigenvalue weighted by Crippen LogP contribution is -2.13. The van der Waals surface area contributed by atoms with Gasteiger partial charge in [-0.15, -0.1) is 0 Å². The zero-order valence-electron chi connectivity index (χ0n) is 12.9. The van der Waals surface area contributed by atoms with Crippen LogP contribution in [0, 0.1) is 5.82 Å². The third kappa shape index (κ3) is 4.45. The van der Waals surface area contributed by atoms with Gasteiger partial charge in [0.25, 0.3) is 5.91 Å². The number of hydrogen-bond donors (Lipinski definition) is 1. The van der Waals surface area contributed by atoms with E-state index >= 15 is 0 Å². The molecule has 2 rings (SSSR count). The van der Waals surface area contributed by atoms with Crippen molar-refractivity contribution in [3.05, 3.63) is 52.3 Å². The maximum absolute atomic E-state index is 13.3. The predicted octanol–water partition coefficient (Wildman–Crippen LogP) is 4.64. The Morgan fingerprint density at radius 3 is 2.48 bits per heavy atom. The van der Waals surface area contributed by atoms with Crippen LogP contribution in [0.4, 0.5) is 10.1 Å². The lowest BCUT2D eigenvalue weighted by atomic mass is 10.2. The fourth-order valence-electron chi connectivity index (χ4n) is 2.00. The number of carbonyl (C=O) groups is 1. The summed E-state index contributed by atoms with van der Waals surface area (Å²) in [5, 5.41) is 2.72. The molecule has 0 atom stereocenters. The van der Waals surface area contributed by atoms with Gasteiger partial charge in [0, 0.05) is 16.2 Å². The molecule has 122 valence electrons. The number of halogens is 2. The number of nitrogens with one attached hydrogen (secondary N) is 1. The van der Waals surface area contributed by atoms with Gasteiger partial charge in [-0.05, 0) is 60.1 Å². The second kappa shape index (κ2) is 7.97. The Bertz CT molecular complexity index is 706. The maximum atomic E-state index is 13.3. The van der Waals surface area contributed by atoms with Crippen molar-refractivity contribution in [1.82, 2.24) is 0 Å². The molecular weight excluding hydrogens is 365 g/mol. The molecule has 0 heterocycles. The highest BCUT2D eigenvalue weighted by Gasteiger charge is 2.13.